The number of amides is 1. The predicted molar refractivity (Wildman–Crippen MR) is 70.1 cm³/mol. The highest BCUT2D eigenvalue weighted by Gasteiger charge is 2.06. The largest absolute Gasteiger partial charge is 0.346 e. The summed E-state index contributed by atoms with van der Waals surface area (Å²) < 4.78 is 0. The highest BCUT2D eigenvalue weighted by molar-refractivity contribution is 7.09. The first-order valence-electron chi connectivity index (χ1n) is 5.31. The molecule has 0 bridgehead atoms. The van der Waals surface area contributed by atoms with Crippen LogP contribution in [-0.4, -0.2) is 15.9 Å². The Labute approximate surface area is 108 Å². The number of rotatable bonds is 4. The number of carbonyl (C=O) groups excluding carboxylic acids is 1. The Balaban J connectivity index is 1.94. The summed E-state index contributed by atoms with van der Waals surface area (Å²) in [5.74, 6) is 5.52. The van der Waals surface area contributed by atoms with Crippen molar-refractivity contribution in [1.82, 2.24) is 15.3 Å². The van der Waals surface area contributed by atoms with E-state index in [1.54, 1.807) is 23.5 Å². The Morgan fingerprint density at radius 1 is 1.50 bits per heavy atom. The molecule has 0 saturated heterocycles. The van der Waals surface area contributed by atoms with Crippen LogP contribution in [0, 0.1) is 6.92 Å². The molecule has 7 heteroatoms. The minimum Gasteiger partial charge on any atom is -0.346 e. The van der Waals surface area contributed by atoms with Gasteiger partial charge < -0.3 is 10.7 Å². The zero-order valence-corrected chi connectivity index (χ0v) is 10.6. The number of thiazole rings is 1. The van der Waals surface area contributed by atoms with Crippen LogP contribution < -0.4 is 16.6 Å². The van der Waals surface area contributed by atoms with Crippen molar-refractivity contribution in [1.29, 1.82) is 0 Å². The molecular formula is C11H13N5OS. The highest BCUT2D eigenvalue weighted by atomic mass is 32.1. The Hall–Kier alpha value is -1.99. The van der Waals surface area contributed by atoms with Crippen LogP contribution in [0.4, 0.5) is 5.82 Å². The second kappa shape index (κ2) is 5.56. The number of hydrazine groups is 1. The van der Waals surface area contributed by atoms with E-state index in [2.05, 4.69) is 20.7 Å². The van der Waals surface area contributed by atoms with E-state index in [0.717, 1.165) is 10.7 Å². The molecule has 0 spiro atoms. The monoisotopic (exact) mass is 263 g/mol. The van der Waals surface area contributed by atoms with Crippen molar-refractivity contribution >= 4 is 23.1 Å². The molecule has 0 radical (unpaired) electrons. The normalized spacial score (nSPS) is 10.1. The number of carbonyl (C=O) groups is 1. The van der Waals surface area contributed by atoms with Crippen LogP contribution in [0.5, 0.6) is 0 Å². The number of nitrogens with two attached hydrogens (primary N) is 1. The first-order chi connectivity index (χ1) is 8.69. The van der Waals surface area contributed by atoms with E-state index in [9.17, 15) is 4.79 Å². The molecule has 2 aromatic heterocycles. The van der Waals surface area contributed by atoms with Gasteiger partial charge in [-0.3, -0.25) is 4.79 Å². The van der Waals surface area contributed by atoms with Crippen molar-refractivity contribution < 1.29 is 4.79 Å². The van der Waals surface area contributed by atoms with Crippen molar-refractivity contribution in [2.24, 2.45) is 5.84 Å². The van der Waals surface area contributed by atoms with Crippen molar-refractivity contribution in [3.05, 3.63) is 40.0 Å². The van der Waals surface area contributed by atoms with Gasteiger partial charge in [0.15, 0.2) is 0 Å². The quantitative estimate of drug-likeness (QED) is 0.566. The number of hydrogen-bond acceptors (Lipinski definition) is 6. The smallest absolute Gasteiger partial charge is 0.253 e. The van der Waals surface area contributed by atoms with Crippen LogP contribution in [0.2, 0.25) is 0 Å². The molecule has 0 fully saturated rings. The summed E-state index contributed by atoms with van der Waals surface area (Å²) in [7, 11) is 0. The molecule has 0 atom stereocenters. The molecule has 4 N–H and O–H groups in total. The zero-order chi connectivity index (χ0) is 13.0. The number of nitrogen functional groups attached to an aromatic ring is 1. The lowest BCUT2D eigenvalue weighted by atomic mass is 10.2. The van der Waals surface area contributed by atoms with Gasteiger partial charge in [0.1, 0.15) is 5.82 Å². The van der Waals surface area contributed by atoms with Crippen LogP contribution in [0.15, 0.2) is 23.7 Å². The van der Waals surface area contributed by atoms with Gasteiger partial charge in [-0.2, -0.15) is 0 Å². The number of hydrogen-bond donors (Lipinski definition) is 3. The Kier molecular flexibility index (Phi) is 3.85. The second-order valence-corrected chi connectivity index (χ2v) is 4.68. The standard InChI is InChI=1S/C11H13N5OS/c1-7-15-9(6-18-7)5-14-11(17)8-2-3-10(16-12)13-4-8/h2-4,6H,5,12H2,1H3,(H,13,16)(H,14,17). The average molecular weight is 263 g/mol. The fourth-order valence-electron chi connectivity index (χ4n) is 1.38. The summed E-state index contributed by atoms with van der Waals surface area (Å²) in [6, 6.07) is 3.30. The minimum atomic E-state index is -0.184. The van der Waals surface area contributed by atoms with E-state index in [1.807, 2.05) is 12.3 Å². The highest BCUT2D eigenvalue weighted by Crippen LogP contribution is 2.08. The zero-order valence-electron chi connectivity index (χ0n) is 9.80. The third-order valence-electron chi connectivity index (χ3n) is 2.27. The topological polar surface area (TPSA) is 92.9 Å². The summed E-state index contributed by atoms with van der Waals surface area (Å²) in [6.07, 6.45) is 1.47. The van der Waals surface area contributed by atoms with Gasteiger partial charge in [-0.1, -0.05) is 0 Å². The van der Waals surface area contributed by atoms with Crippen molar-refractivity contribution in [2.75, 3.05) is 5.43 Å². The number of nitrogens with zero attached hydrogens (tertiary/aromatic N) is 2. The third-order valence-corrected chi connectivity index (χ3v) is 3.09. The number of nitrogens with one attached hydrogen (secondary N) is 2. The molecule has 0 aromatic carbocycles. The van der Waals surface area contributed by atoms with Gasteiger partial charge in [0.05, 0.1) is 22.8 Å². The molecule has 18 heavy (non-hydrogen) atoms. The van der Waals surface area contributed by atoms with E-state index in [4.69, 9.17) is 5.84 Å². The molecule has 0 aliphatic heterocycles. The number of aromatic nitrogens is 2. The Bertz CT molecular complexity index is 537. The van der Waals surface area contributed by atoms with Gasteiger partial charge in [-0.05, 0) is 19.1 Å². The van der Waals surface area contributed by atoms with Gasteiger partial charge in [-0.25, -0.2) is 15.8 Å². The first kappa shape index (κ1) is 12.5. The van der Waals surface area contributed by atoms with E-state index in [0.29, 0.717) is 17.9 Å². The molecule has 6 nitrogen and oxygen atoms in total. The molecule has 94 valence electrons. The maximum atomic E-state index is 11.8. The number of pyridine rings is 1. The number of anilines is 1. The summed E-state index contributed by atoms with van der Waals surface area (Å²) in [5, 5.41) is 5.69. The minimum absolute atomic E-state index is 0.184. The van der Waals surface area contributed by atoms with Gasteiger partial charge in [0.25, 0.3) is 5.91 Å². The molecule has 2 rings (SSSR count). The first-order valence-corrected chi connectivity index (χ1v) is 6.19. The van der Waals surface area contributed by atoms with Gasteiger partial charge in [-0.15, -0.1) is 11.3 Å². The third kappa shape index (κ3) is 3.02. The lowest BCUT2D eigenvalue weighted by molar-refractivity contribution is 0.0950. The molecule has 2 aromatic rings. The van der Waals surface area contributed by atoms with Crippen LogP contribution in [-0.2, 0) is 6.54 Å². The fourth-order valence-corrected chi connectivity index (χ4v) is 1.99. The van der Waals surface area contributed by atoms with Gasteiger partial charge >= 0.3 is 0 Å². The summed E-state index contributed by atoms with van der Waals surface area (Å²) in [6.45, 7) is 2.35. The number of aryl methyl sites for hydroxylation is 1. The van der Waals surface area contributed by atoms with Crippen molar-refractivity contribution in [2.45, 2.75) is 13.5 Å². The predicted octanol–water partition coefficient (Wildman–Crippen LogP) is 1.06. The average Bonchev–Trinajstić information content (AvgIpc) is 2.82. The van der Waals surface area contributed by atoms with E-state index >= 15 is 0 Å². The molecule has 0 aliphatic rings. The van der Waals surface area contributed by atoms with Crippen LogP contribution in [0.1, 0.15) is 21.1 Å². The SMILES string of the molecule is Cc1nc(CNC(=O)c2ccc(NN)nc2)cs1. The van der Waals surface area contributed by atoms with E-state index in [-0.39, 0.29) is 5.91 Å². The van der Waals surface area contributed by atoms with Gasteiger partial charge in [0.2, 0.25) is 0 Å². The molecular weight excluding hydrogens is 250 g/mol. The summed E-state index contributed by atoms with van der Waals surface area (Å²) in [5.41, 5.74) is 3.75. The van der Waals surface area contributed by atoms with E-state index < -0.39 is 0 Å². The molecule has 0 saturated carbocycles. The fraction of sp³-hybridized carbons (Fsp3) is 0.182. The lowest BCUT2D eigenvalue weighted by Crippen LogP contribution is -2.23. The Morgan fingerprint density at radius 2 is 2.33 bits per heavy atom. The van der Waals surface area contributed by atoms with Crippen molar-refractivity contribution in [3.8, 4) is 0 Å². The molecule has 2 heterocycles. The second-order valence-electron chi connectivity index (χ2n) is 3.62. The van der Waals surface area contributed by atoms with Gasteiger partial charge in [0, 0.05) is 11.6 Å². The summed E-state index contributed by atoms with van der Waals surface area (Å²) >= 11 is 1.56. The maximum absolute atomic E-state index is 11.8. The summed E-state index contributed by atoms with van der Waals surface area (Å²) in [4.78, 5) is 20.0. The van der Waals surface area contributed by atoms with Crippen LogP contribution >= 0.6 is 11.3 Å². The molecule has 0 unspecified atom stereocenters. The lowest BCUT2D eigenvalue weighted by Gasteiger charge is -2.04. The van der Waals surface area contributed by atoms with E-state index in [1.165, 1.54) is 6.20 Å². The molecule has 0 aliphatic carbocycles. The van der Waals surface area contributed by atoms with Crippen LogP contribution in [0.3, 0.4) is 0 Å². The maximum Gasteiger partial charge on any atom is 0.253 e. The Morgan fingerprint density at radius 3 is 2.89 bits per heavy atom. The van der Waals surface area contributed by atoms with Crippen LogP contribution in [0.25, 0.3) is 0 Å². The van der Waals surface area contributed by atoms with Crippen molar-refractivity contribution in [3.63, 3.8) is 0 Å². The molecule has 1 amide bonds.